The van der Waals surface area contributed by atoms with E-state index in [0.29, 0.717) is 16.9 Å². The summed E-state index contributed by atoms with van der Waals surface area (Å²) in [5.41, 5.74) is 1.97. The Bertz CT molecular complexity index is 618. The van der Waals surface area contributed by atoms with Crippen molar-refractivity contribution >= 4 is 23.3 Å². The third-order valence-corrected chi connectivity index (χ3v) is 3.13. The van der Waals surface area contributed by atoms with Crippen molar-refractivity contribution in [2.45, 2.75) is 19.9 Å². The summed E-state index contributed by atoms with van der Waals surface area (Å²) in [6.07, 6.45) is 0. The second-order valence-electron chi connectivity index (χ2n) is 4.61. The summed E-state index contributed by atoms with van der Waals surface area (Å²) in [7, 11) is 1.57. The first kappa shape index (κ1) is 15.2. The second kappa shape index (κ2) is 6.99. The maximum Gasteiger partial charge on any atom is 0.232 e. The molecule has 0 amide bonds. The fourth-order valence-corrected chi connectivity index (χ4v) is 2.13. The van der Waals surface area contributed by atoms with Gasteiger partial charge in [-0.05, 0) is 31.6 Å². The fourth-order valence-electron chi connectivity index (χ4n) is 1.86. The summed E-state index contributed by atoms with van der Waals surface area (Å²) in [5, 5.41) is 6.65. The lowest BCUT2D eigenvalue weighted by Crippen LogP contribution is -2.31. The third-order valence-electron chi connectivity index (χ3n) is 2.91. The molecule has 0 aliphatic carbocycles. The van der Waals surface area contributed by atoms with Gasteiger partial charge in [0.1, 0.15) is 0 Å². The predicted octanol–water partition coefficient (Wildman–Crippen LogP) is 2.84. The van der Waals surface area contributed by atoms with Crippen LogP contribution in [-0.2, 0) is 0 Å². The average molecular weight is 302 g/mol. The van der Waals surface area contributed by atoms with Crippen molar-refractivity contribution in [1.29, 1.82) is 0 Å². The van der Waals surface area contributed by atoms with E-state index in [1.54, 1.807) is 13.2 Å². The molecule has 0 spiro atoms. The summed E-state index contributed by atoms with van der Waals surface area (Å²) in [5.74, 6) is 0.925. The van der Waals surface area contributed by atoms with Gasteiger partial charge in [0.05, 0.1) is 13.2 Å². The van der Waals surface area contributed by atoms with Gasteiger partial charge in [0.2, 0.25) is 11.8 Å². The van der Waals surface area contributed by atoms with E-state index in [-0.39, 0.29) is 6.04 Å². The van der Waals surface area contributed by atoms with Crippen LogP contribution in [-0.4, -0.2) is 22.2 Å². The molecule has 0 aliphatic heterocycles. The molecule has 110 valence electrons. The molecule has 0 bridgehead atoms. The van der Waals surface area contributed by atoms with Gasteiger partial charge in [-0.25, -0.2) is 4.98 Å². The third kappa shape index (κ3) is 4.39. The highest BCUT2D eigenvalue weighted by Crippen LogP contribution is 2.13. The minimum absolute atomic E-state index is 0.0953. The van der Waals surface area contributed by atoms with Crippen molar-refractivity contribution in [2.24, 2.45) is 0 Å². The number of thiocarbonyl (C=S) groups is 1. The molecule has 1 atom stereocenters. The largest absolute Gasteiger partial charge is 0.481 e. The number of hydrogen-bond acceptors (Lipinski definition) is 4. The number of ether oxygens (including phenoxy) is 1. The van der Waals surface area contributed by atoms with E-state index >= 15 is 0 Å². The van der Waals surface area contributed by atoms with Crippen molar-refractivity contribution < 1.29 is 4.74 Å². The van der Waals surface area contributed by atoms with Crippen molar-refractivity contribution in [3.63, 3.8) is 0 Å². The molecule has 2 N–H and O–H groups in total. The zero-order valence-electron chi connectivity index (χ0n) is 12.3. The highest BCUT2D eigenvalue weighted by molar-refractivity contribution is 7.80. The Morgan fingerprint density at radius 2 is 1.95 bits per heavy atom. The van der Waals surface area contributed by atoms with Crippen LogP contribution in [0.2, 0.25) is 0 Å². The zero-order valence-corrected chi connectivity index (χ0v) is 13.1. The number of nitrogens with one attached hydrogen (secondary N) is 2. The molecule has 0 saturated heterocycles. The number of anilines is 1. The fraction of sp³-hybridized carbons (Fsp3) is 0.267. The maximum atomic E-state index is 5.29. The number of hydrogen-bond donors (Lipinski definition) is 2. The van der Waals surface area contributed by atoms with Gasteiger partial charge < -0.3 is 15.4 Å². The highest BCUT2D eigenvalue weighted by atomic mass is 32.1. The molecule has 6 heteroatoms. The van der Waals surface area contributed by atoms with E-state index < -0.39 is 0 Å². The van der Waals surface area contributed by atoms with E-state index in [2.05, 4.69) is 20.6 Å². The van der Waals surface area contributed by atoms with Gasteiger partial charge in [-0.3, -0.25) is 0 Å². The van der Waals surface area contributed by atoms with Crippen molar-refractivity contribution in [3.8, 4) is 5.88 Å². The molecule has 1 heterocycles. The molecule has 21 heavy (non-hydrogen) atoms. The first-order chi connectivity index (χ1) is 10.1. The summed E-state index contributed by atoms with van der Waals surface area (Å²) >= 11 is 5.29. The molecule has 5 nitrogen and oxygen atoms in total. The molecule has 2 aromatic rings. The standard InChI is InChI=1S/C15H18N4OS/c1-10-9-13(20-3)18-14(16-10)19-15(21)17-11(2)12-7-5-4-6-8-12/h4-9,11H,1-3H3,(H2,16,17,18,19,21)/t11-/m1/s1. The van der Waals surface area contributed by atoms with Crippen molar-refractivity contribution in [1.82, 2.24) is 15.3 Å². The molecule has 1 aromatic heterocycles. The Morgan fingerprint density at radius 1 is 1.24 bits per heavy atom. The van der Waals surface area contributed by atoms with Crippen LogP contribution in [0.3, 0.4) is 0 Å². The average Bonchev–Trinajstić information content (AvgIpc) is 2.47. The predicted molar refractivity (Wildman–Crippen MR) is 87.5 cm³/mol. The van der Waals surface area contributed by atoms with E-state index in [0.717, 1.165) is 11.3 Å². The monoisotopic (exact) mass is 302 g/mol. The highest BCUT2D eigenvalue weighted by Gasteiger charge is 2.08. The molecule has 0 unspecified atom stereocenters. The molecule has 0 fully saturated rings. The normalized spacial score (nSPS) is 11.6. The van der Waals surface area contributed by atoms with Crippen LogP contribution in [0, 0.1) is 6.92 Å². The Balaban J connectivity index is 2.00. The van der Waals surface area contributed by atoms with Crippen LogP contribution in [0.5, 0.6) is 5.88 Å². The first-order valence-electron chi connectivity index (χ1n) is 6.60. The SMILES string of the molecule is COc1cc(C)nc(NC(=S)N[C@H](C)c2ccccc2)n1. The van der Waals surface area contributed by atoms with Gasteiger partial charge in [0.15, 0.2) is 5.11 Å². The molecule has 2 rings (SSSR count). The molecule has 0 saturated carbocycles. The number of aryl methyl sites for hydroxylation is 1. The maximum absolute atomic E-state index is 5.29. The Morgan fingerprint density at radius 3 is 2.62 bits per heavy atom. The van der Waals surface area contributed by atoms with Crippen LogP contribution < -0.4 is 15.4 Å². The van der Waals surface area contributed by atoms with Crippen LogP contribution in [0.15, 0.2) is 36.4 Å². The molecule has 1 aromatic carbocycles. The van der Waals surface area contributed by atoms with Gasteiger partial charge in [-0.1, -0.05) is 30.3 Å². The Labute approximate surface area is 129 Å². The lowest BCUT2D eigenvalue weighted by molar-refractivity contribution is 0.397. The number of aromatic nitrogens is 2. The van der Waals surface area contributed by atoms with Crippen LogP contribution in [0.4, 0.5) is 5.95 Å². The van der Waals surface area contributed by atoms with Crippen molar-refractivity contribution in [3.05, 3.63) is 47.7 Å². The van der Waals surface area contributed by atoms with E-state index in [1.165, 1.54) is 0 Å². The summed E-state index contributed by atoms with van der Waals surface area (Å²) < 4.78 is 5.11. The number of benzene rings is 1. The van der Waals surface area contributed by atoms with Gasteiger partial charge in [-0.2, -0.15) is 4.98 Å². The van der Waals surface area contributed by atoms with Gasteiger partial charge in [0, 0.05) is 11.8 Å². The van der Waals surface area contributed by atoms with Crippen molar-refractivity contribution in [2.75, 3.05) is 12.4 Å². The van der Waals surface area contributed by atoms with Crippen LogP contribution in [0.25, 0.3) is 0 Å². The summed E-state index contributed by atoms with van der Waals surface area (Å²) in [6.45, 7) is 3.92. The van der Waals surface area contributed by atoms with E-state index in [9.17, 15) is 0 Å². The zero-order chi connectivity index (χ0) is 15.2. The number of methoxy groups -OCH3 is 1. The minimum Gasteiger partial charge on any atom is -0.481 e. The Kier molecular flexibility index (Phi) is 5.05. The summed E-state index contributed by atoms with van der Waals surface area (Å²) in [4.78, 5) is 8.47. The van der Waals surface area contributed by atoms with Gasteiger partial charge >= 0.3 is 0 Å². The van der Waals surface area contributed by atoms with Crippen LogP contribution in [0.1, 0.15) is 24.2 Å². The molecule has 0 radical (unpaired) electrons. The quantitative estimate of drug-likeness (QED) is 0.847. The number of rotatable bonds is 4. The smallest absolute Gasteiger partial charge is 0.232 e. The molecule has 0 aliphatic rings. The first-order valence-corrected chi connectivity index (χ1v) is 7.01. The lowest BCUT2D eigenvalue weighted by Gasteiger charge is -2.17. The minimum atomic E-state index is 0.0953. The molecular weight excluding hydrogens is 284 g/mol. The summed E-state index contributed by atoms with van der Waals surface area (Å²) in [6, 6.07) is 11.9. The lowest BCUT2D eigenvalue weighted by atomic mass is 10.1. The molecular formula is C15H18N4OS. The number of nitrogens with zero attached hydrogens (tertiary/aromatic N) is 2. The van der Waals surface area contributed by atoms with E-state index in [1.807, 2.05) is 44.2 Å². The van der Waals surface area contributed by atoms with Gasteiger partial charge in [0.25, 0.3) is 0 Å². The second-order valence-corrected chi connectivity index (χ2v) is 5.01. The Hall–Kier alpha value is -2.21. The topological polar surface area (TPSA) is 59.1 Å². The van der Waals surface area contributed by atoms with E-state index in [4.69, 9.17) is 17.0 Å². The van der Waals surface area contributed by atoms with Gasteiger partial charge in [-0.15, -0.1) is 0 Å². The van der Waals surface area contributed by atoms with Crippen LogP contribution >= 0.6 is 12.2 Å².